The Labute approximate surface area is 247 Å². The normalized spacial score (nSPS) is 20.5. The van der Waals surface area contributed by atoms with Crippen molar-refractivity contribution in [2.45, 2.75) is 70.6 Å². The first-order valence-corrected chi connectivity index (χ1v) is 14.2. The summed E-state index contributed by atoms with van der Waals surface area (Å²) >= 11 is 0. The first kappa shape index (κ1) is 25.8. The number of piperidine rings is 1. The Hall–Kier alpha value is -3.88. The van der Waals surface area contributed by atoms with E-state index in [-0.39, 0.29) is 36.2 Å². The van der Waals surface area contributed by atoms with Crippen LogP contribution in [0.3, 0.4) is 0 Å². The Morgan fingerprint density at radius 2 is 1.67 bits per heavy atom. The summed E-state index contributed by atoms with van der Waals surface area (Å²) < 4.78 is 81.5. The number of alkyl halides is 3. The van der Waals surface area contributed by atoms with Crippen molar-refractivity contribution in [2.24, 2.45) is 5.92 Å². The average molecular weight is 585 g/mol. The lowest BCUT2D eigenvalue weighted by Gasteiger charge is -2.41. The molecule has 2 N–H and O–H groups in total. The fourth-order valence-electron chi connectivity index (χ4n) is 6.05. The average Bonchev–Trinajstić information content (AvgIpc) is 3.48. The number of carbonyl (C=O) groups is 2. The van der Waals surface area contributed by atoms with Crippen LogP contribution in [0.5, 0.6) is 0 Å². The highest BCUT2D eigenvalue weighted by Gasteiger charge is 2.41. The summed E-state index contributed by atoms with van der Waals surface area (Å²) in [6, 6.07) is 8.13. The zero-order valence-electron chi connectivity index (χ0n) is 26.5. The zero-order chi connectivity index (χ0) is 32.6. The van der Waals surface area contributed by atoms with Crippen LogP contribution >= 0.6 is 0 Å². The number of hydrogen-bond acceptors (Lipinski definition) is 3. The molecule has 0 radical (unpaired) electrons. The predicted molar refractivity (Wildman–Crippen MR) is 155 cm³/mol. The minimum absolute atomic E-state index is 0.147. The fraction of sp³-hybridized carbons (Fsp3) is 0.394. The van der Waals surface area contributed by atoms with Gasteiger partial charge >= 0.3 is 6.18 Å². The van der Waals surface area contributed by atoms with Gasteiger partial charge in [-0.3, -0.25) is 9.59 Å². The third-order valence-electron chi connectivity index (χ3n) is 8.17. The van der Waals surface area contributed by atoms with Gasteiger partial charge in [0.1, 0.15) is 5.82 Å². The number of rotatable bonds is 6. The van der Waals surface area contributed by atoms with E-state index in [4.69, 9.17) is 4.11 Å². The topological polar surface area (TPSA) is 61.4 Å². The van der Waals surface area contributed by atoms with E-state index in [2.05, 4.69) is 10.6 Å². The Kier molecular flexibility index (Phi) is 7.47. The maximum atomic E-state index is 15.0. The molecule has 42 heavy (non-hydrogen) atoms. The van der Waals surface area contributed by atoms with Gasteiger partial charge < -0.3 is 15.5 Å². The van der Waals surface area contributed by atoms with Crippen LogP contribution in [0.25, 0.3) is 0 Å². The third-order valence-corrected chi connectivity index (χ3v) is 8.17. The summed E-state index contributed by atoms with van der Waals surface area (Å²) in [4.78, 5) is 29.2. The third kappa shape index (κ3) is 6.30. The van der Waals surface area contributed by atoms with Gasteiger partial charge in [0, 0.05) is 24.0 Å². The lowest BCUT2D eigenvalue weighted by atomic mass is 9.83. The van der Waals surface area contributed by atoms with Crippen LogP contribution in [0.1, 0.15) is 81.3 Å². The van der Waals surface area contributed by atoms with E-state index in [9.17, 15) is 27.2 Å². The Morgan fingerprint density at radius 1 is 0.929 bits per heavy atom. The van der Waals surface area contributed by atoms with Crippen LogP contribution in [0.15, 0.2) is 60.6 Å². The van der Waals surface area contributed by atoms with E-state index >= 15 is 0 Å². The Morgan fingerprint density at radius 3 is 2.36 bits per heavy atom. The van der Waals surface area contributed by atoms with Crippen molar-refractivity contribution in [1.29, 1.82) is 0 Å². The molecule has 1 heterocycles. The summed E-state index contributed by atoms with van der Waals surface area (Å²) in [5.74, 6) is -3.18. The minimum atomic E-state index is -4.87. The molecule has 5 rings (SSSR count). The van der Waals surface area contributed by atoms with E-state index in [1.54, 1.807) is 31.2 Å². The van der Waals surface area contributed by atoms with E-state index in [0.717, 1.165) is 38.7 Å². The summed E-state index contributed by atoms with van der Waals surface area (Å²) in [5.41, 5.74) is -0.840. The van der Waals surface area contributed by atoms with Gasteiger partial charge in [-0.15, -0.1) is 0 Å². The molecule has 1 aliphatic carbocycles. The SMILES string of the molecule is [2H]c1cc([C@H]2[C@@H](C(=O)Nc3c([2H])cc(C)c(C(F)(F)F)c3[2H])CCCN2C(=O)c2c(C)cccc2F)ccc1NC1CCCC1. The van der Waals surface area contributed by atoms with Crippen LogP contribution in [0.4, 0.5) is 28.9 Å². The molecule has 1 saturated carbocycles. The molecule has 0 bridgehead atoms. The van der Waals surface area contributed by atoms with Crippen molar-refractivity contribution >= 4 is 23.2 Å². The summed E-state index contributed by atoms with van der Waals surface area (Å²) in [6.07, 6.45) is -0.138. The molecule has 5 nitrogen and oxygen atoms in total. The van der Waals surface area contributed by atoms with E-state index < -0.39 is 59.1 Å². The number of likely N-dealkylation sites (tertiary alicyclic amines) is 1. The predicted octanol–water partition coefficient (Wildman–Crippen LogP) is 8.05. The van der Waals surface area contributed by atoms with Crippen molar-refractivity contribution < 1.29 is 31.3 Å². The first-order valence-electron chi connectivity index (χ1n) is 15.7. The van der Waals surface area contributed by atoms with Crippen molar-refractivity contribution in [3.05, 3.63) is 94.2 Å². The molecule has 1 saturated heterocycles. The lowest BCUT2D eigenvalue weighted by Crippen LogP contribution is -2.46. The van der Waals surface area contributed by atoms with Crippen molar-refractivity contribution in [2.75, 3.05) is 17.2 Å². The molecule has 2 fully saturated rings. The summed E-state index contributed by atoms with van der Waals surface area (Å²) in [5, 5.41) is 5.78. The van der Waals surface area contributed by atoms with Crippen LogP contribution < -0.4 is 10.6 Å². The molecule has 222 valence electrons. The first-order chi connectivity index (χ1) is 21.3. The molecule has 2 atom stereocenters. The maximum absolute atomic E-state index is 15.0. The number of benzene rings is 3. The smallest absolute Gasteiger partial charge is 0.382 e. The minimum Gasteiger partial charge on any atom is -0.382 e. The summed E-state index contributed by atoms with van der Waals surface area (Å²) in [6.45, 7) is 2.93. The Balaban J connectivity index is 1.55. The number of hydrogen-bond donors (Lipinski definition) is 2. The molecule has 2 amide bonds. The molecule has 9 heteroatoms. The molecule has 1 aliphatic heterocycles. The Bertz CT molecular complexity index is 1610. The molecule has 0 aromatic heterocycles. The van der Waals surface area contributed by atoms with Crippen LogP contribution in [-0.4, -0.2) is 29.3 Å². The van der Waals surface area contributed by atoms with Gasteiger partial charge in [0.05, 0.1) is 27.2 Å². The quantitative estimate of drug-likeness (QED) is 0.288. The van der Waals surface area contributed by atoms with Crippen LogP contribution in [0.2, 0.25) is 0 Å². The monoisotopic (exact) mass is 584 g/mol. The zero-order valence-corrected chi connectivity index (χ0v) is 23.5. The standard InChI is InChI=1S/C33H35F4N3O2/c1-20-12-15-25(19-27(20)33(35,36)37)39-31(41)26-10-6-18-40(32(42)29-21(2)7-5-11-28(29)34)30(26)22-13-16-24(17-14-22)38-23-8-3-4-9-23/h5,7,11-17,19,23,26,30,38H,3-4,6,8-10,18H2,1-2H3,(H,39,41)/t26-,30-/m0/s1/i15D,16D,19D. The number of carbonyl (C=O) groups excluding carboxylic acids is 2. The largest absolute Gasteiger partial charge is 0.416 e. The highest BCUT2D eigenvalue weighted by Crippen LogP contribution is 2.40. The van der Waals surface area contributed by atoms with E-state index in [0.29, 0.717) is 23.2 Å². The number of halogens is 4. The van der Waals surface area contributed by atoms with Gasteiger partial charge in [-0.25, -0.2) is 4.39 Å². The summed E-state index contributed by atoms with van der Waals surface area (Å²) in [7, 11) is 0. The maximum Gasteiger partial charge on any atom is 0.416 e. The van der Waals surface area contributed by atoms with Gasteiger partial charge in [-0.1, -0.05) is 43.2 Å². The molecule has 3 aromatic rings. The highest BCUT2D eigenvalue weighted by atomic mass is 19.4. The number of aryl methyl sites for hydroxylation is 2. The number of amides is 2. The second-order valence-electron chi connectivity index (χ2n) is 11.1. The number of anilines is 2. The van der Waals surface area contributed by atoms with Crippen molar-refractivity contribution in [1.82, 2.24) is 4.90 Å². The highest BCUT2D eigenvalue weighted by molar-refractivity contribution is 5.98. The van der Waals surface area contributed by atoms with Gasteiger partial charge in [0.15, 0.2) is 0 Å². The van der Waals surface area contributed by atoms with Gasteiger partial charge in [-0.05, 0) is 86.5 Å². The molecular formula is C33H35F4N3O2. The van der Waals surface area contributed by atoms with Gasteiger partial charge in [-0.2, -0.15) is 13.2 Å². The lowest BCUT2D eigenvalue weighted by molar-refractivity contribution is -0.138. The molecule has 0 unspecified atom stereocenters. The van der Waals surface area contributed by atoms with E-state index in [1.807, 2.05) is 0 Å². The fourth-order valence-corrected chi connectivity index (χ4v) is 6.05. The molecule has 0 spiro atoms. The second kappa shape index (κ2) is 12.2. The number of nitrogens with zero attached hydrogens (tertiary/aromatic N) is 1. The van der Waals surface area contributed by atoms with E-state index in [1.165, 1.54) is 17.0 Å². The molecule has 3 aromatic carbocycles. The van der Waals surface area contributed by atoms with Gasteiger partial charge in [0.25, 0.3) is 5.91 Å². The second-order valence-corrected chi connectivity index (χ2v) is 11.1. The molecule has 2 aliphatic rings. The van der Waals surface area contributed by atoms with Gasteiger partial charge in [0.2, 0.25) is 5.91 Å². The number of nitrogens with one attached hydrogen (secondary N) is 2. The van der Waals surface area contributed by atoms with Crippen molar-refractivity contribution in [3.8, 4) is 0 Å². The van der Waals surface area contributed by atoms with Crippen molar-refractivity contribution in [3.63, 3.8) is 0 Å². The molecular weight excluding hydrogens is 546 g/mol. The van der Waals surface area contributed by atoms with Crippen LogP contribution in [0, 0.1) is 25.6 Å². The van der Waals surface area contributed by atoms with Crippen LogP contribution in [-0.2, 0) is 11.0 Å².